The number of amides is 1. The summed E-state index contributed by atoms with van der Waals surface area (Å²) < 4.78 is 13.7. The maximum absolute atomic E-state index is 13.7. The third kappa shape index (κ3) is 2.63. The van der Waals surface area contributed by atoms with Crippen molar-refractivity contribution in [2.45, 2.75) is 37.8 Å². The second-order valence-corrected chi connectivity index (χ2v) is 5.77. The Morgan fingerprint density at radius 1 is 1.35 bits per heavy atom. The molecular weight excluding hydrogens is 257 g/mol. The SMILES string of the molecule is Nc1ccc(C(=O)NC2CCN3CCCC3C2)c(F)c1. The Morgan fingerprint density at radius 2 is 2.20 bits per heavy atom. The highest BCUT2D eigenvalue weighted by Crippen LogP contribution is 2.27. The molecule has 1 aromatic carbocycles. The standard InChI is InChI=1S/C15H20FN3O/c16-14-8-10(17)3-4-13(14)15(20)18-11-5-7-19-6-1-2-12(19)9-11/h3-4,8,11-12H,1-2,5-7,9,17H2,(H,18,20). The molecule has 108 valence electrons. The number of benzene rings is 1. The van der Waals surface area contributed by atoms with Crippen molar-refractivity contribution in [3.05, 3.63) is 29.6 Å². The van der Waals surface area contributed by atoms with Gasteiger partial charge in [-0.25, -0.2) is 4.39 Å². The van der Waals surface area contributed by atoms with Gasteiger partial charge in [0.2, 0.25) is 0 Å². The fraction of sp³-hybridized carbons (Fsp3) is 0.533. The third-order valence-electron chi connectivity index (χ3n) is 4.39. The summed E-state index contributed by atoms with van der Waals surface area (Å²) in [5, 5.41) is 2.96. The van der Waals surface area contributed by atoms with Gasteiger partial charge in [0.1, 0.15) is 5.82 Å². The average molecular weight is 277 g/mol. The van der Waals surface area contributed by atoms with Gasteiger partial charge in [0.05, 0.1) is 5.56 Å². The predicted octanol–water partition coefficient (Wildman–Crippen LogP) is 1.76. The summed E-state index contributed by atoms with van der Waals surface area (Å²) in [5.74, 6) is -0.889. The quantitative estimate of drug-likeness (QED) is 0.810. The van der Waals surface area contributed by atoms with Gasteiger partial charge in [0.15, 0.2) is 0 Å². The van der Waals surface area contributed by atoms with Gasteiger partial charge in [-0.2, -0.15) is 0 Å². The van der Waals surface area contributed by atoms with Crippen LogP contribution in [0.4, 0.5) is 10.1 Å². The second kappa shape index (κ2) is 5.40. The predicted molar refractivity (Wildman–Crippen MR) is 75.9 cm³/mol. The van der Waals surface area contributed by atoms with Gasteiger partial charge in [-0.1, -0.05) is 0 Å². The molecule has 3 rings (SSSR count). The van der Waals surface area contributed by atoms with Gasteiger partial charge in [-0.15, -0.1) is 0 Å². The van der Waals surface area contributed by atoms with Crippen LogP contribution in [-0.2, 0) is 0 Å². The molecule has 0 aliphatic carbocycles. The molecule has 2 aliphatic rings. The van der Waals surface area contributed by atoms with Crippen LogP contribution >= 0.6 is 0 Å². The minimum absolute atomic E-state index is 0.0769. The Morgan fingerprint density at radius 3 is 3.00 bits per heavy atom. The molecule has 2 unspecified atom stereocenters. The molecule has 0 spiro atoms. The van der Waals surface area contributed by atoms with Crippen molar-refractivity contribution in [2.24, 2.45) is 0 Å². The third-order valence-corrected chi connectivity index (χ3v) is 4.39. The van der Waals surface area contributed by atoms with Crippen molar-refractivity contribution in [3.8, 4) is 0 Å². The van der Waals surface area contributed by atoms with Crippen LogP contribution in [0, 0.1) is 5.82 Å². The van der Waals surface area contributed by atoms with E-state index in [-0.39, 0.29) is 17.5 Å². The molecule has 0 aromatic heterocycles. The van der Waals surface area contributed by atoms with Crippen molar-refractivity contribution >= 4 is 11.6 Å². The van der Waals surface area contributed by atoms with Crippen molar-refractivity contribution < 1.29 is 9.18 Å². The lowest BCUT2D eigenvalue weighted by Crippen LogP contribution is -2.47. The Kier molecular flexibility index (Phi) is 3.61. The van der Waals surface area contributed by atoms with Gasteiger partial charge in [-0.05, 0) is 50.4 Å². The number of fused-ring (bicyclic) bond motifs is 1. The molecule has 4 nitrogen and oxygen atoms in total. The van der Waals surface area contributed by atoms with E-state index in [1.807, 2.05) is 0 Å². The summed E-state index contributed by atoms with van der Waals surface area (Å²) in [7, 11) is 0. The Balaban J connectivity index is 1.64. The molecule has 5 heteroatoms. The van der Waals surface area contributed by atoms with E-state index >= 15 is 0 Å². The van der Waals surface area contributed by atoms with Crippen molar-refractivity contribution in [3.63, 3.8) is 0 Å². The van der Waals surface area contributed by atoms with Crippen molar-refractivity contribution in [1.82, 2.24) is 10.2 Å². The minimum Gasteiger partial charge on any atom is -0.399 e. The molecule has 20 heavy (non-hydrogen) atoms. The first-order valence-electron chi connectivity index (χ1n) is 7.23. The van der Waals surface area contributed by atoms with E-state index < -0.39 is 5.82 Å². The molecule has 0 saturated carbocycles. The maximum atomic E-state index is 13.7. The van der Waals surface area contributed by atoms with Crippen LogP contribution in [0.1, 0.15) is 36.0 Å². The molecule has 3 N–H and O–H groups in total. The number of halogens is 1. The molecule has 1 amide bonds. The number of nitrogens with two attached hydrogens (primary N) is 1. The summed E-state index contributed by atoms with van der Waals surface area (Å²) in [6.07, 6.45) is 4.38. The zero-order chi connectivity index (χ0) is 14.1. The molecule has 2 aliphatic heterocycles. The van der Waals surface area contributed by atoms with E-state index in [0.29, 0.717) is 11.7 Å². The first-order valence-corrected chi connectivity index (χ1v) is 7.23. The van der Waals surface area contributed by atoms with Crippen molar-refractivity contribution in [1.29, 1.82) is 0 Å². The molecular formula is C15H20FN3O. The number of hydrogen-bond acceptors (Lipinski definition) is 3. The van der Waals surface area contributed by atoms with Crippen LogP contribution in [0.15, 0.2) is 18.2 Å². The highest BCUT2D eigenvalue weighted by Gasteiger charge is 2.32. The van der Waals surface area contributed by atoms with E-state index in [4.69, 9.17) is 5.73 Å². The molecule has 2 fully saturated rings. The lowest BCUT2D eigenvalue weighted by Gasteiger charge is -2.35. The topological polar surface area (TPSA) is 58.4 Å². The first-order chi connectivity index (χ1) is 9.63. The summed E-state index contributed by atoms with van der Waals surface area (Å²) >= 11 is 0. The van der Waals surface area contributed by atoms with E-state index in [2.05, 4.69) is 10.2 Å². The smallest absolute Gasteiger partial charge is 0.254 e. The number of nitrogens with zero attached hydrogens (tertiary/aromatic N) is 1. The normalized spacial score (nSPS) is 26.2. The van der Waals surface area contributed by atoms with E-state index in [9.17, 15) is 9.18 Å². The lowest BCUT2D eigenvalue weighted by molar-refractivity contribution is 0.0892. The molecule has 2 saturated heterocycles. The highest BCUT2D eigenvalue weighted by atomic mass is 19.1. The summed E-state index contributed by atoms with van der Waals surface area (Å²) in [5.41, 5.74) is 5.90. The Hall–Kier alpha value is -1.62. The number of nitrogens with one attached hydrogen (secondary N) is 1. The maximum Gasteiger partial charge on any atom is 0.254 e. The molecule has 0 bridgehead atoms. The van der Waals surface area contributed by atoms with Crippen LogP contribution in [0.5, 0.6) is 0 Å². The number of rotatable bonds is 2. The van der Waals surface area contributed by atoms with E-state index in [1.54, 1.807) is 6.07 Å². The van der Waals surface area contributed by atoms with Crippen LogP contribution in [0.25, 0.3) is 0 Å². The molecule has 2 atom stereocenters. The molecule has 1 aromatic rings. The minimum atomic E-state index is -0.555. The summed E-state index contributed by atoms with van der Waals surface area (Å²) in [4.78, 5) is 14.6. The van der Waals surface area contributed by atoms with Gasteiger partial charge < -0.3 is 16.0 Å². The van der Waals surface area contributed by atoms with Crippen molar-refractivity contribution in [2.75, 3.05) is 18.8 Å². The summed E-state index contributed by atoms with van der Waals surface area (Å²) in [6.45, 7) is 2.21. The van der Waals surface area contributed by atoms with Crippen LogP contribution in [0.2, 0.25) is 0 Å². The summed E-state index contributed by atoms with van der Waals surface area (Å²) in [6, 6.07) is 4.93. The molecule has 0 radical (unpaired) electrons. The number of nitrogen functional groups attached to an aromatic ring is 1. The lowest BCUT2D eigenvalue weighted by atomic mass is 9.97. The zero-order valence-corrected chi connectivity index (χ0v) is 11.4. The fourth-order valence-electron chi connectivity index (χ4n) is 3.33. The number of hydrogen-bond donors (Lipinski definition) is 2. The van der Waals surface area contributed by atoms with Crippen LogP contribution in [0.3, 0.4) is 0 Å². The molecule has 2 heterocycles. The monoisotopic (exact) mass is 277 g/mol. The van der Waals surface area contributed by atoms with E-state index in [1.165, 1.54) is 31.5 Å². The second-order valence-electron chi connectivity index (χ2n) is 5.77. The highest BCUT2D eigenvalue weighted by molar-refractivity contribution is 5.95. The number of anilines is 1. The largest absolute Gasteiger partial charge is 0.399 e. The number of carbonyl (C=O) groups excluding carboxylic acids is 1. The number of carbonyl (C=O) groups is 1. The first kappa shape index (κ1) is 13.4. The van der Waals surface area contributed by atoms with Gasteiger partial charge in [-0.3, -0.25) is 4.79 Å². The Labute approximate surface area is 118 Å². The average Bonchev–Trinajstić information content (AvgIpc) is 2.85. The van der Waals surface area contributed by atoms with Crippen LogP contribution in [-0.4, -0.2) is 36.0 Å². The van der Waals surface area contributed by atoms with Gasteiger partial charge in [0.25, 0.3) is 5.91 Å². The number of piperidine rings is 1. The zero-order valence-electron chi connectivity index (χ0n) is 11.4. The van der Waals surface area contributed by atoms with Crippen LogP contribution < -0.4 is 11.1 Å². The fourth-order valence-corrected chi connectivity index (χ4v) is 3.33. The van der Waals surface area contributed by atoms with Gasteiger partial charge in [0, 0.05) is 24.3 Å². The van der Waals surface area contributed by atoms with E-state index in [0.717, 1.165) is 19.4 Å². The van der Waals surface area contributed by atoms with Gasteiger partial charge >= 0.3 is 0 Å². The Bertz CT molecular complexity index is 520.